The maximum Gasteiger partial charge on any atom is 0.324 e. The zero-order valence-electron chi connectivity index (χ0n) is 13.5. The molecule has 1 aliphatic heterocycles. The van der Waals surface area contributed by atoms with Crippen molar-refractivity contribution in [3.05, 3.63) is 41.7 Å². The maximum atomic E-state index is 12.0. The highest BCUT2D eigenvalue weighted by atomic mass is 16.5. The van der Waals surface area contributed by atoms with Crippen LogP contribution in [0.15, 0.2) is 34.9 Å². The first-order valence-electron chi connectivity index (χ1n) is 8.52. The van der Waals surface area contributed by atoms with Gasteiger partial charge in [0, 0.05) is 19.0 Å². The smallest absolute Gasteiger partial charge is 0.324 e. The van der Waals surface area contributed by atoms with Crippen molar-refractivity contribution in [1.82, 2.24) is 10.1 Å². The predicted molar refractivity (Wildman–Crippen MR) is 87.9 cm³/mol. The van der Waals surface area contributed by atoms with E-state index < -0.39 is 11.4 Å². The number of rotatable bonds is 5. The van der Waals surface area contributed by atoms with Gasteiger partial charge in [0.15, 0.2) is 5.82 Å². The Labute approximate surface area is 140 Å². The third-order valence-corrected chi connectivity index (χ3v) is 5.36. The molecule has 2 fully saturated rings. The molecule has 0 bridgehead atoms. The van der Waals surface area contributed by atoms with Crippen molar-refractivity contribution >= 4 is 12.0 Å². The van der Waals surface area contributed by atoms with E-state index in [0.717, 1.165) is 24.2 Å². The second-order valence-corrected chi connectivity index (χ2v) is 6.98. The van der Waals surface area contributed by atoms with E-state index in [1.165, 1.54) is 6.42 Å². The SMILES string of the molecule is O=C(O)C1(Cc2ccccc2)CCN(c2nc(C3CCC3)no2)C1. The van der Waals surface area contributed by atoms with Crippen molar-refractivity contribution in [2.45, 2.75) is 38.0 Å². The average molecular weight is 327 g/mol. The van der Waals surface area contributed by atoms with Gasteiger partial charge in [-0.1, -0.05) is 41.9 Å². The summed E-state index contributed by atoms with van der Waals surface area (Å²) in [6.45, 7) is 1.04. The van der Waals surface area contributed by atoms with Gasteiger partial charge in [0.05, 0.1) is 5.41 Å². The van der Waals surface area contributed by atoms with Crippen LogP contribution in [-0.2, 0) is 11.2 Å². The fourth-order valence-electron chi connectivity index (χ4n) is 3.60. The lowest BCUT2D eigenvalue weighted by Crippen LogP contribution is -2.36. The van der Waals surface area contributed by atoms with Crippen LogP contribution in [0.1, 0.15) is 43.0 Å². The van der Waals surface area contributed by atoms with Crippen LogP contribution in [0.2, 0.25) is 0 Å². The highest BCUT2D eigenvalue weighted by Gasteiger charge is 2.46. The third-order valence-electron chi connectivity index (χ3n) is 5.36. The van der Waals surface area contributed by atoms with Gasteiger partial charge in [-0.3, -0.25) is 4.79 Å². The number of anilines is 1. The summed E-state index contributed by atoms with van der Waals surface area (Å²) >= 11 is 0. The fraction of sp³-hybridized carbons (Fsp3) is 0.500. The van der Waals surface area contributed by atoms with E-state index in [4.69, 9.17) is 4.52 Å². The number of aliphatic carboxylic acids is 1. The van der Waals surface area contributed by atoms with Gasteiger partial charge in [0.2, 0.25) is 0 Å². The summed E-state index contributed by atoms with van der Waals surface area (Å²) in [4.78, 5) is 18.4. The van der Waals surface area contributed by atoms with Gasteiger partial charge in [-0.25, -0.2) is 0 Å². The molecule has 2 aliphatic rings. The molecule has 0 radical (unpaired) electrons. The summed E-state index contributed by atoms with van der Waals surface area (Å²) < 4.78 is 5.40. The first-order valence-corrected chi connectivity index (χ1v) is 8.52. The normalized spacial score (nSPS) is 24.1. The molecule has 1 N–H and O–H groups in total. The Bertz CT molecular complexity index is 726. The number of nitrogens with zero attached hydrogens (tertiary/aromatic N) is 3. The average Bonchev–Trinajstić information content (AvgIpc) is 3.15. The second-order valence-electron chi connectivity index (χ2n) is 6.98. The number of hydrogen-bond donors (Lipinski definition) is 1. The highest BCUT2D eigenvalue weighted by Crippen LogP contribution is 2.38. The molecule has 2 heterocycles. The number of carboxylic acids is 1. The lowest BCUT2D eigenvalue weighted by Gasteiger charge is -2.24. The molecule has 1 aromatic carbocycles. The van der Waals surface area contributed by atoms with E-state index in [0.29, 0.717) is 37.9 Å². The van der Waals surface area contributed by atoms with Gasteiger partial charge >= 0.3 is 12.0 Å². The summed E-state index contributed by atoms with van der Waals surface area (Å²) in [6.07, 6.45) is 4.55. The molecule has 126 valence electrons. The molecule has 6 heteroatoms. The Hall–Kier alpha value is -2.37. The topological polar surface area (TPSA) is 79.5 Å². The van der Waals surface area contributed by atoms with Crippen LogP contribution in [0.5, 0.6) is 0 Å². The first kappa shape index (κ1) is 15.2. The molecular weight excluding hydrogens is 306 g/mol. The zero-order valence-corrected chi connectivity index (χ0v) is 13.5. The Kier molecular flexibility index (Phi) is 3.75. The minimum absolute atomic E-state index is 0.406. The fourth-order valence-corrected chi connectivity index (χ4v) is 3.60. The van der Waals surface area contributed by atoms with E-state index in [-0.39, 0.29) is 0 Å². The zero-order chi connectivity index (χ0) is 16.6. The standard InChI is InChI=1S/C18H21N3O3/c22-16(23)18(11-13-5-2-1-3-6-13)9-10-21(12-18)17-19-15(20-24-17)14-7-4-8-14/h1-3,5-6,14H,4,7-12H2,(H,22,23). The summed E-state index contributed by atoms with van der Waals surface area (Å²) in [5, 5.41) is 13.9. The largest absolute Gasteiger partial charge is 0.481 e. The van der Waals surface area contributed by atoms with Crippen molar-refractivity contribution in [2.75, 3.05) is 18.0 Å². The van der Waals surface area contributed by atoms with Gasteiger partial charge in [0.1, 0.15) is 0 Å². The molecule has 6 nitrogen and oxygen atoms in total. The van der Waals surface area contributed by atoms with Crippen LogP contribution in [0.4, 0.5) is 6.01 Å². The van der Waals surface area contributed by atoms with Crippen LogP contribution in [0.25, 0.3) is 0 Å². The Morgan fingerprint density at radius 3 is 2.79 bits per heavy atom. The summed E-state index contributed by atoms with van der Waals surface area (Å²) in [5.41, 5.74) is 0.245. The Morgan fingerprint density at radius 1 is 1.33 bits per heavy atom. The van der Waals surface area contributed by atoms with Crippen molar-refractivity contribution < 1.29 is 14.4 Å². The maximum absolute atomic E-state index is 12.0. The Morgan fingerprint density at radius 2 is 2.12 bits per heavy atom. The Balaban J connectivity index is 1.51. The van der Waals surface area contributed by atoms with Crippen LogP contribution in [0, 0.1) is 5.41 Å². The van der Waals surface area contributed by atoms with E-state index in [9.17, 15) is 9.90 Å². The number of benzene rings is 1. The van der Waals surface area contributed by atoms with Crippen LogP contribution in [0.3, 0.4) is 0 Å². The number of hydrogen-bond acceptors (Lipinski definition) is 5. The van der Waals surface area contributed by atoms with Crippen molar-refractivity contribution in [2.24, 2.45) is 5.41 Å². The van der Waals surface area contributed by atoms with Gasteiger partial charge in [0.25, 0.3) is 0 Å². The minimum atomic E-state index is -0.799. The molecule has 1 saturated heterocycles. The van der Waals surface area contributed by atoms with Crippen LogP contribution < -0.4 is 4.90 Å². The quantitative estimate of drug-likeness (QED) is 0.909. The molecule has 1 aliphatic carbocycles. The van der Waals surface area contributed by atoms with Gasteiger partial charge in [-0.05, 0) is 31.2 Å². The molecule has 1 atom stereocenters. The lowest BCUT2D eigenvalue weighted by molar-refractivity contribution is -0.147. The predicted octanol–water partition coefficient (Wildman–Crippen LogP) is 2.86. The summed E-state index contributed by atoms with van der Waals surface area (Å²) in [5.74, 6) is 0.429. The molecule has 2 aromatic rings. The molecule has 4 rings (SSSR count). The number of carboxylic acid groups (broad SMARTS) is 1. The van der Waals surface area contributed by atoms with Crippen LogP contribution in [-0.4, -0.2) is 34.3 Å². The number of aromatic nitrogens is 2. The van der Waals surface area contributed by atoms with E-state index in [1.54, 1.807) is 0 Å². The molecular formula is C18H21N3O3. The van der Waals surface area contributed by atoms with Gasteiger partial charge in [-0.2, -0.15) is 4.98 Å². The third kappa shape index (κ3) is 2.66. The van der Waals surface area contributed by atoms with Crippen molar-refractivity contribution in [1.29, 1.82) is 0 Å². The molecule has 1 saturated carbocycles. The first-order chi connectivity index (χ1) is 11.7. The second kappa shape index (κ2) is 5.92. The van der Waals surface area contributed by atoms with Gasteiger partial charge < -0.3 is 14.5 Å². The monoisotopic (exact) mass is 327 g/mol. The summed E-state index contributed by atoms with van der Waals surface area (Å²) in [7, 11) is 0. The van der Waals surface area contributed by atoms with Crippen molar-refractivity contribution in [3.8, 4) is 0 Å². The minimum Gasteiger partial charge on any atom is -0.481 e. The lowest BCUT2D eigenvalue weighted by atomic mass is 9.81. The molecule has 24 heavy (non-hydrogen) atoms. The van der Waals surface area contributed by atoms with E-state index >= 15 is 0 Å². The van der Waals surface area contributed by atoms with Gasteiger partial charge in [-0.15, -0.1) is 0 Å². The molecule has 1 aromatic heterocycles. The molecule has 0 amide bonds. The van der Waals surface area contributed by atoms with Crippen molar-refractivity contribution in [3.63, 3.8) is 0 Å². The van der Waals surface area contributed by atoms with E-state index in [1.807, 2.05) is 35.2 Å². The molecule has 0 spiro atoms. The molecule has 1 unspecified atom stereocenters. The van der Waals surface area contributed by atoms with Crippen LogP contribution >= 0.6 is 0 Å². The van der Waals surface area contributed by atoms with E-state index in [2.05, 4.69) is 10.1 Å². The highest BCUT2D eigenvalue weighted by molar-refractivity contribution is 5.77. The summed E-state index contributed by atoms with van der Waals surface area (Å²) in [6, 6.07) is 10.3. The number of carbonyl (C=O) groups is 1.